The van der Waals surface area contributed by atoms with Gasteiger partial charge in [0.2, 0.25) is 17.2 Å². The molecule has 10 nitrogen and oxygen atoms in total. The number of fused-ring (bicyclic) bond motifs is 4. The summed E-state index contributed by atoms with van der Waals surface area (Å²) < 4.78 is 4.99. The molecule has 2 aliphatic rings. The Kier molecular flexibility index (Phi) is 6.33. The van der Waals surface area contributed by atoms with E-state index in [1.54, 1.807) is 56.3 Å². The fourth-order valence-electron chi connectivity index (χ4n) is 5.56. The number of β-lactam (4-membered cyclic amide) rings is 1. The van der Waals surface area contributed by atoms with Crippen LogP contribution in [-0.4, -0.2) is 55.9 Å². The highest BCUT2D eigenvalue weighted by molar-refractivity contribution is 8.01. The second-order valence-corrected chi connectivity index (χ2v) is 12.3. The minimum atomic E-state index is -1.24. The van der Waals surface area contributed by atoms with Gasteiger partial charge in [0.1, 0.15) is 40.9 Å². The summed E-state index contributed by atoms with van der Waals surface area (Å²) in [6.45, 7) is 3.48. The normalized spacial score (nSPS) is 21.7. The molecular weight excluding hydrogens is 546 g/mol. The van der Waals surface area contributed by atoms with Crippen LogP contribution in [0, 0.1) is 0 Å². The summed E-state index contributed by atoms with van der Waals surface area (Å²) in [4.78, 5) is 66.3. The summed E-state index contributed by atoms with van der Waals surface area (Å²) >= 11 is 1.30. The molecule has 11 heteroatoms. The number of rotatable bonds is 6. The average Bonchev–Trinajstić information content (AvgIpc) is 3.22. The lowest BCUT2D eigenvalue weighted by Crippen LogP contribution is -2.71. The first kappa shape index (κ1) is 26.6. The third-order valence-corrected chi connectivity index (χ3v) is 9.12. The first-order valence-electron chi connectivity index (χ1n) is 12.9. The minimum absolute atomic E-state index is 0.228. The van der Waals surface area contributed by atoms with Gasteiger partial charge in [-0.15, -0.1) is 11.8 Å². The molecule has 2 fully saturated rings. The topological polar surface area (TPSA) is 146 Å². The predicted octanol–water partition coefficient (Wildman–Crippen LogP) is 3.05. The van der Waals surface area contributed by atoms with Gasteiger partial charge in [0.05, 0.1) is 5.39 Å². The molecule has 3 heterocycles. The number of hydrogen-bond acceptors (Lipinski definition) is 7. The molecular formula is C30H25N3O7S. The van der Waals surface area contributed by atoms with Crippen LogP contribution in [0.2, 0.25) is 0 Å². The van der Waals surface area contributed by atoms with E-state index in [1.807, 2.05) is 24.3 Å². The van der Waals surface area contributed by atoms with Crippen molar-refractivity contribution in [2.24, 2.45) is 0 Å². The molecule has 3 N–H and O–H groups in total. The Labute approximate surface area is 237 Å². The summed E-state index contributed by atoms with van der Waals surface area (Å²) in [6.07, 6.45) is 1.09. The molecule has 1 unspecified atom stereocenters. The highest BCUT2D eigenvalue weighted by Gasteiger charge is 2.64. The van der Waals surface area contributed by atoms with Crippen LogP contribution in [0.25, 0.3) is 21.7 Å². The number of aliphatic carboxylic acids is 1. The predicted molar refractivity (Wildman–Crippen MR) is 152 cm³/mol. The summed E-state index contributed by atoms with van der Waals surface area (Å²) in [6, 6.07) is 16.0. The van der Waals surface area contributed by atoms with Crippen LogP contribution < -0.4 is 16.1 Å². The molecule has 0 radical (unpaired) electrons. The van der Waals surface area contributed by atoms with Crippen LogP contribution in [0.5, 0.6) is 0 Å². The molecule has 0 saturated carbocycles. The molecule has 208 valence electrons. The molecule has 4 atom stereocenters. The van der Waals surface area contributed by atoms with E-state index in [1.165, 1.54) is 16.7 Å². The van der Waals surface area contributed by atoms with E-state index in [0.717, 1.165) is 17.0 Å². The summed E-state index contributed by atoms with van der Waals surface area (Å²) in [5.74, 6) is -3.10. The van der Waals surface area contributed by atoms with Crippen LogP contribution in [0.4, 0.5) is 0 Å². The summed E-state index contributed by atoms with van der Waals surface area (Å²) in [7, 11) is 0. The van der Waals surface area contributed by atoms with E-state index >= 15 is 0 Å². The number of carboxylic acid groups (broad SMARTS) is 1. The Bertz CT molecular complexity index is 1800. The number of benzene rings is 3. The average molecular weight is 572 g/mol. The smallest absolute Gasteiger partial charge is 0.327 e. The van der Waals surface area contributed by atoms with Gasteiger partial charge in [-0.2, -0.15) is 0 Å². The number of hydrogen-bond donors (Lipinski definition) is 3. The van der Waals surface area contributed by atoms with Gasteiger partial charge >= 0.3 is 5.97 Å². The zero-order chi connectivity index (χ0) is 29.1. The molecule has 0 spiro atoms. The number of carbonyl (C=O) groups excluding carboxylic acids is 3. The standard InChI is InChI=1S/C30H25N3O7S/c1-30(2)24(29(38)39)33-27(37)21(28(33)41-30)32-26(36)20(16-9-4-3-5-10-16)31-25(35)19-14-40-23-17-11-7-6-8-15(17)12-13-18(23)22(19)34/h3-14,20-21,24,28H,1-2H3,(H,31,35)(H,32,36)(H,38,39)/t20?,21-,24+,28-/m1/s1. The van der Waals surface area contributed by atoms with Crippen LogP contribution in [0.3, 0.4) is 0 Å². The van der Waals surface area contributed by atoms with Gasteiger partial charge in [-0.05, 0) is 30.9 Å². The van der Waals surface area contributed by atoms with Crippen molar-refractivity contribution in [3.8, 4) is 0 Å². The zero-order valence-electron chi connectivity index (χ0n) is 22.0. The van der Waals surface area contributed by atoms with Gasteiger partial charge in [-0.3, -0.25) is 19.2 Å². The summed E-state index contributed by atoms with van der Waals surface area (Å²) in [5.41, 5.74) is -0.0340. The van der Waals surface area contributed by atoms with Gasteiger partial charge in [-0.25, -0.2) is 4.79 Å². The van der Waals surface area contributed by atoms with Crippen LogP contribution in [0.15, 0.2) is 82.2 Å². The van der Waals surface area contributed by atoms with Crippen molar-refractivity contribution in [2.45, 2.75) is 42.1 Å². The van der Waals surface area contributed by atoms with Gasteiger partial charge in [0.25, 0.3) is 5.91 Å². The van der Waals surface area contributed by atoms with Crippen molar-refractivity contribution >= 4 is 57.2 Å². The molecule has 0 aliphatic carbocycles. The van der Waals surface area contributed by atoms with Gasteiger partial charge in [0, 0.05) is 10.1 Å². The van der Waals surface area contributed by atoms with Crippen molar-refractivity contribution in [3.05, 3.63) is 94.3 Å². The number of thioether (sulfide) groups is 1. The maximum atomic E-state index is 13.5. The number of nitrogens with zero attached hydrogens (tertiary/aromatic N) is 1. The summed E-state index contributed by atoms with van der Waals surface area (Å²) in [5, 5.41) is 16.3. The van der Waals surface area contributed by atoms with E-state index in [9.17, 15) is 29.1 Å². The minimum Gasteiger partial charge on any atom is -0.480 e. The fraction of sp³-hybridized carbons (Fsp3) is 0.233. The van der Waals surface area contributed by atoms with Crippen molar-refractivity contribution < 1.29 is 28.7 Å². The highest BCUT2D eigenvalue weighted by atomic mass is 32.2. The van der Waals surface area contributed by atoms with Crippen molar-refractivity contribution in [1.29, 1.82) is 0 Å². The van der Waals surface area contributed by atoms with E-state index in [-0.39, 0.29) is 10.9 Å². The maximum absolute atomic E-state index is 13.5. The molecule has 0 bridgehead atoms. The van der Waals surface area contributed by atoms with Crippen LogP contribution in [0.1, 0.15) is 35.8 Å². The monoisotopic (exact) mass is 571 g/mol. The lowest BCUT2D eigenvalue weighted by Gasteiger charge is -2.44. The number of carbonyl (C=O) groups is 4. The number of nitrogens with one attached hydrogen (secondary N) is 2. The fourth-order valence-corrected chi connectivity index (χ4v) is 7.18. The van der Waals surface area contributed by atoms with Gasteiger partial charge in [0.15, 0.2) is 0 Å². The van der Waals surface area contributed by atoms with E-state index in [2.05, 4.69) is 10.6 Å². The molecule has 6 rings (SSSR count). The van der Waals surface area contributed by atoms with E-state index in [4.69, 9.17) is 4.42 Å². The molecule has 1 aromatic heterocycles. The van der Waals surface area contributed by atoms with Crippen molar-refractivity contribution in [2.75, 3.05) is 0 Å². The molecule has 41 heavy (non-hydrogen) atoms. The van der Waals surface area contributed by atoms with Gasteiger partial charge in [-0.1, -0.05) is 60.7 Å². The van der Waals surface area contributed by atoms with E-state index in [0.29, 0.717) is 11.1 Å². The van der Waals surface area contributed by atoms with Gasteiger partial charge < -0.3 is 25.1 Å². The van der Waals surface area contributed by atoms with Crippen LogP contribution >= 0.6 is 11.8 Å². The third-order valence-electron chi connectivity index (χ3n) is 7.55. The molecule has 2 saturated heterocycles. The third kappa shape index (κ3) is 4.33. The quantitative estimate of drug-likeness (QED) is 0.237. The first-order chi connectivity index (χ1) is 19.6. The Morgan fingerprint density at radius 1 is 0.976 bits per heavy atom. The van der Waals surface area contributed by atoms with E-state index < -0.39 is 57.4 Å². The lowest BCUT2D eigenvalue weighted by atomic mass is 9.95. The SMILES string of the molecule is CC1(C)S[C@@H]2[C@H](NC(=O)C(NC(=O)c3coc4c(ccc5ccccc54)c3=O)c3ccccc3)C(=O)N2[C@H]1C(=O)O. The number of amides is 3. The van der Waals surface area contributed by atoms with Crippen molar-refractivity contribution in [1.82, 2.24) is 15.5 Å². The second kappa shape index (κ2) is 9.77. The number of carboxylic acids is 1. The first-order valence-corrected chi connectivity index (χ1v) is 13.8. The van der Waals surface area contributed by atoms with Crippen LogP contribution in [-0.2, 0) is 14.4 Å². The second-order valence-electron chi connectivity index (χ2n) is 10.5. The molecule has 4 aromatic rings. The Morgan fingerprint density at radius 2 is 1.68 bits per heavy atom. The van der Waals surface area contributed by atoms with Crippen molar-refractivity contribution in [3.63, 3.8) is 0 Å². The lowest BCUT2D eigenvalue weighted by molar-refractivity contribution is -0.161. The largest absolute Gasteiger partial charge is 0.480 e. The maximum Gasteiger partial charge on any atom is 0.327 e. The Morgan fingerprint density at radius 3 is 2.41 bits per heavy atom. The highest BCUT2D eigenvalue weighted by Crippen LogP contribution is 2.50. The Hall–Kier alpha value is -4.64. The molecule has 2 aliphatic heterocycles. The Balaban J connectivity index is 1.28. The molecule has 3 amide bonds. The zero-order valence-corrected chi connectivity index (χ0v) is 22.8. The molecule has 3 aromatic carbocycles.